The summed E-state index contributed by atoms with van der Waals surface area (Å²) in [5.41, 5.74) is -0.127. The van der Waals surface area contributed by atoms with E-state index in [0.29, 0.717) is 13.2 Å². The van der Waals surface area contributed by atoms with E-state index in [1.54, 1.807) is 0 Å². The van der Waals surface area contributed by atoms with Crippen LogP contribution >= 0.6 is 0 Å². The first-order chi connectivity index (χ1) is 7.12. The van der Waals surface area contributed by atoms with Gasteiger partial charge in [0, 0.05) is 11.5 Å². The highest BCUT2D eigenvalue weighted by Crippen LogP contribution is 2.58. The number of rotatable bonds is 3. The molecule has 4 heteroatoms. The van der Waals surface area contributed by atoms with Crippen molar-refractivity contribution in [2.24, 2.45) is 5.41 Å². The number of hydrogen-bond acceptors (Lipinski definition) is 4. The fourth-order valence-corrected chi connectivity index (χ4v) is 2.00. The van der Waals surface area contributed by atoms with Crippen molar-refractivity contribution < 1.29 is 19.0 Å². The predicted molar refractivity (Wildman–Crippen MR) is 53.1 cm³/mol. The Hall–Kier alpha value is -0.870. The number of carbonyl (C=O) groups is 1. The van der Waals surface area contributed by atoms with Gasteiger partial charge in [-0.2, -0.15) is 0 Å². The summed E-state index contributed by atoms with van der Waals surface area (Å²) >= 11 is 0. The quantitative estimate of drug-likeness (QED) is 0.522. The molecule has 4 nitrogen and oxygen atoms in total. The monoisotopic (exact) mass is 212 g/mol. The van der Waals surface area contributed by atoms with Crippen LogP contribution in [-0.4, -0.2) is 32.1 Å². The molecule has 1 aliphatic carbocycles. The first-order valence-electron chi connectivity index (χ1n) is 5.17. The third-order valence-electron chi connectivity index (χ3n) is 3.27. The molecule has 0 aromatic rings. The topological polar surface area (TPSA) is 44.8 Å². The van der Waals surface area contributed by atoms with Crippen molar-refractivity contribution in [3.8, 4) is 0 Å². The maximum absolute atomic E-state index is 11.0. The van der Waals surface area contributed by atoms with Crippen molar-refractivity contribution in [1.29, 1.82) is 0 Å². The first-order valence-corrected chi connectivity index (χ1v) is 5.17. The number of carbonyl (C=O) groups excluding carboxylic acids is 1. The average molecular weight is 212 g/mol. The highest BCUT2D eigenvalue weighted by Gasteiger charge is 2.58. The molecule has 0 amide bonds. The third-order valence-corrected chi connectivity index (χ3v) is 3.27. The molecule has 84 valence electrons. The summed E-state index contributed by atoms with van der Waals surface area (Å²) in [6, 6.07) is 0. The van der Waals surface area contributed by atoms with Crippen molar-refractivity contribution in [2.45, 2.75) is 25.6 Å². The van der Waals surface area contributed by atoms with Gasteiger partial charge in [0.05, 0.1) is 20.3 Å². The molecule has 2 fully saturated rings. The molecular weight excluding hydrogens is 196 g/mol. The summed E-state index contributed by atoms with van der Waals surface area (Å²) in [6.07, 6.45) is 5.32. The zero-order valence-electron chi connectivity index (χ0n) is 9.12. The lowest BCUT2D eigenvalue weighted by Crippen LogP contribution is -2.36. The van der Waals surface area contributed by atoms with E-state index in [9.17, 15) is 4.79 Å². The van der Waals surface area contributed by atoms with Gasteiger partial charge >= 0.3 is 5.97 Å². The second-order valence-electron chi connectivity index (χ2n) is 4.16. The molecule has 0 radical (unpaired) electrons. The highest BCUT2D eigenvalue weighted by atomic mass is 16.7. The van der Waals surface area contributed by atoms with Gasteiger partial charge in [0.2, 0.25) is 0 Å². The lowest BCUT2D eigenvalue weighted by atomic mass is 9.96. The minimum Gasteiger partial charge on any atom is -0.466 e. The lowest BCUT2D eigenvalue weighted by Gasteiger charge is -2.30. The van der Waals surface area contributed by atoms with Crippen LogP contribution in [-0.2, 0) is 19.0 Å². The van der Waals surface area contributed by atoms with Gasteiger partial charge in [0.25, 0.3) is 0 Å². The Labute approximate surface area is 89.2 Å². The Morgan fingerprint density at radius 1 is 1.33 bits per heavy atom. The SMILES string of the molecule is COC(=O)C=CC1(C2(C)OCCO2)CC1. The molecule has 0 spiro atoms. The summed E-state index contributed by atoms with van der Waals surface area (Å²) in [4.78, 5) is 11.0. The molecule has 0 unspecified atom stereocenters. The largest absolute Gasteiger partial charge is 0.466 e. The molecule has 0 N–H and O–H groups in total. The van der Waals surface area contributed by atoms with E-state index >= 15 is 0 Å². The van der Waals surface area contributed by atoms with Gasteiger partial charge in [-0.25, -0.2) is 4.79 Å². The predicted octanol–water partition coefficient (Wildman–Crippen LogP) is 1.26. The van der Waals surface area contributed by atoms with Crippen LogP contribution in [0.4, 0.5) is 0 Å². The zero-order valence-corrected chi connectivity index (χ0v) is 9.12. The van der Waals surface area contributed by atoms with Gasteiger partial charge in [-0.05, 0) is 19.8 Å². The number of hydrogen-bond donors (Lipinski definition) is 0. The second-order valence-corrected chi connectivity index (χ2v) is 4.16. The van der Waals surface area contributed by atoms with E-state index in [1.165, 1.54) is 13.2 Å². The lowest BCUT2D eigenvalue weighted by molar-refractivity contribution is -0.179. The van der Waals surface area contributed by atoms with Gasteiger partial charge in [-0.15, -0.1) is 0 Å². The Morgan fingerprint density at radius 2 is 1.93 bits per heavy atom. The van der Waals surface area contributed by atoms with Gasteiger partial charge in [0.15, 0.2) is 5.79 Å². The summed E-state index contributed by atoms with van der Waals surface area (Å²) < 4.78 is 15.8. The third kappa shape index (κ3) is 1.79. The van der Waals surface area contributed by atoms with Crippen molar-refractivity contribution in [2.75, 3.05) is 20.3 Å². The second kappa shape index (κ2) is 3.61. The molecule has 0 aromatic heterocycles. The summed E-state index contributed by atoms with van der Waals surface area (Å²) in [7, 11) is 1.37. The van der Waals surface area contributed by atoms with E-state index in [0.717, 1.165) is 12.8 Å². The molecule has 1 heterocycles. The molecule has 0 bridgehead atoms. The minimum absolute atomic E-state index is 0.127. The van der Waals surface area contributed by atoms with Crippen LogP contribution < -0.4 is 0 Å². The molecular formula is C11H16O4. The number of esters is 1. The summed E-state index contributed by atoms with van der Waals surface area (Å²) in [6.45, 7) is 3.20. The Balaban J connectivity index is 2.07. The average Bonchev–Trinajstić information content (AvgIpc) is 2.92. The molecule has 2 rings (SSSR count). The van der Waals surface area contributed by atoms with Crippen LogP contribution in [0.2, 0.25) is 0 Å². The molecule has 1 saturated carbocycles. The summed E-state index contributed by atoms with van der Waals surface area (Å²) in [5, 5.41) is 0. The normalized spacial score (nSPS) is 26.8. The number of ether oxygens (including phenoxy) is 3. The van der Waals surface area contributed by atoms with Crippen LogP contribution in [0.3, 0.4) is 0 Å². The van der Waals surface area contributed by atoms with E-state index < -0.39 is 5.79 Å². The number of methoxy groups -OCH3 is 1. The molecule has 1 aliphatic heterocycles. The summed E-state index contributed by atoms with van der Waals surface area (Å²) in [5.74, 6) is -0.889. The van der Waals surface area contributed by atoms with E-state index in [-0.39, 0.29) is 11.4 Å². The van der Waals surface area contributed by atoms with Crippen molar-refractivity contribution in [3.63, 3.8) is 0 Å². The van der Waals surface area contributed by atoms with E-state index in [4.69, 9.17) is 9.47 Å². The zero-order chi connectivity index (χ0) is 10.9. The van der Waals surface area contributed by atoms with Crippen LogP contribution in [0.25, 0.3) is 0 Å². The van der Waals surface area contributed by atoms with Crippen LogP contribution in [0.5, 0.6) is 0 Å². The first kappa shape index (κ1) is 10.6. The molecule has 0 atom stereocenters. The van der Waals surface area contributed by atoms with Crippen LogP contribution in [0.1, 0.15) is 19.8 Å². The van der Waals surface area contributed by atoms with Crippen LogP contribution in [0.15, 0.2) is 12.2 Å². The smallest absolute Gasteiger partial charge is 0.330 e. The maximum atomic E-state index is 11.0. The van der Waals surface area contributed by atoms with Gasteiger partial charge in [-0.3, -0.25) is 0 Å². The van der Waals surface area contributed by atoms with Crippen molar-refractivity contribution in [3.05, 3.63) is 12.2 Å². The molecule has 2 aliphatic rings. The Kier molecular flexibility index (Phi) is 2.56. The fraction of sp³-hybridized carbons (Fsp3) is 0.727. The molecule has 15 heavy (non-hydrogen) atoms. The van der Waals surface area contributed by atoms with Gasteiger partial charge < -0.3 is 14.2 Å². The van der Waals surface area contributed by atoms with Crippen molar-refractivity contribution >= 4 is 5.97 Å². The Morgan fingerprint density at radius 3 is 2.40 bits per heavy atom. The molecule has 0 aromatic carbocycles. The Bertz CT molecular complexity index is 285. The molecule has 1 saturated heterocycles. The highest BCUT2D eigenvalue weighted by molar-refractivity contribution is 5.82. The fourth-order valence-electron chi connectivity index (χ4n) is 2.00. The van der Waals surface area contributed by atoms with Gasteiger partial charge in [-0.1, -0.05) is 6.08 Å². The van der Waals surface area contributed by atoms with E-state index in [1.807, 2.05) is 13.0 Å². The minimum atomic E-state index is -0.558. The van der Waals surface area contributed by atoms with Crippen LogP contribution in [0, 0.1) is 5.41 Å². The van der Waals surface area contributed by atoms with E-state index in [2.05, 4.69) is 4.74 Å². The van der Waals surface area contributed by atoms with Gasteiger partial charge in [0.1, 0.15) is 0 Å². The maximum Gasteiger partial charge on any atom is 0.330 e. The standard InChI is InChI=1S/C11H16O4/c1-10(14-7-8-15-10)11(5-6-11)4-3-9(12)13-2/h3-4H,5-8H2,1-2H3. The van der Waals surface area contributed by atoms with Crippen molar-refractivity contribution in [1.82, 2.24) is 0 Å².